The lowest BCUT2D eigenvalue weighted by Gasteiger charge is -2.06. The molecule has 1 aromatic carbocycles. The van der Waals surface area contributed by atoms with E-state index >= 15 is 0 Å². The molecule has 1 rings (SSSR count). The maximum absolute atomic E-state index is 13.4. The lowest BCUT2D eigenvalue weighted by atomic mass is 10.2. The first-order valence-corrected chi connectivity index (χ1v) is 5.30. The largest absolute Gasteiger partial charge is 0.508 e. The zero-order valence-electron chi connectivity index (χ0n) is 10.3. The van der Waals surface area contributed by atoms with Crippen LogP contribution in [0.15, 0.2) is 54.5 Å². The molecule has 0 aliphatic carbocycles. The molecule has 0 saturated heterocycles. The fourth-order valence-corrected chi connectivity index (χ4v) is 1.23. The van der Waals surface area contributed by atoms with Gasteiger partial charge in [0.15, 0.2) is 6.29 Å². The van der Waals surface area contributed by atoms with Crippen LogP contribution in [0.4, 0.5) is 4.39 Å². The minimum absolute atomic E-state index is 0.228. The Labute approximate surface area is 113 Å². The second-order valence-electron chi connectivity index (χ2n) is 3.68. The zero-order valence-corrected chi connectivity index (χ0v) is 10.3. The van der Waals surface area contributed by atoms with Crippen LogP contribution in [-0.4, -0.2) is 22.5 Å². The summed E-state index contributed by atoms with van der Waals surface area (Å²) < 4.78 is 18.1. The minimum atomic E-state index is -1.06. The smallest absolute Gasteiger partial charge is 0.346 e. The van der Waals surface area contributed by atoms with Crippen molar-refractivity contribution in [1.82, 2.24) is 0 Å². The van der Waals surface area contributed by atoms with Gasteiger partial charge in [-0.1, -0.05) is 13.2 Å². The van der Waals surface area contributed by atoms with Crippen molar-refractivity contribution in [2.75, 3.05) is 0 Å². The van der Waals surface area contributed by atoms with Gasteiger partial charge in [-0.25, -0.2) is 9.18 Å². The Morgan fingerprint density at radius 3 is 2.50 bits per heavy atom. The van der Waals surface area contributed by atoms with Crippen LogP contribution in [0, 0.1) is 5.82 Å². The summed E-state index contributed by atoms with van der Waals surface area (Å²) in [5.74, 6) is -3.16. The molecule has 104 valence electrons. The molecule has 0 unspecified atom stereocenters. The number of phenols is 1. The number of carbonyl (C=O) groups excluding carboxylic acids is 2. The summed E-state index contributed by atoms with van der Waals surface area (Å²) >= 11 is 0. The minimum Gasteiger partial charge on any atom is -0.508 e. The summed E-state index contributed by atoms with van der Waals surface area (Å²) in [6.45, 7) is 6.46. The number of carbonyl (C=O) groups is 2. The predicted molar refractivity (Wildman–Crippen MR) is 68.5 cm³/mol. The van der Waals surface area contributed by atoms with Gasteiger partial charge in [0.25, 0.3) is 0 Å². The highest BCUT2D eigenvalue weighted by Gasteiger charge is 2.15. The summed E-state index contributed by atoms with van der Waals surface area (Å²) in [5, 5.41) is 18.0. The molecule has 0 heterocycles. The molecule has 0 aliphatic rings. The van der Waals surface area contributed by atoms with E-state index in [1.165, 1.54) is 0 Å². The van der Waals surface area contributed by atoms with Gasteiger partial charge in [0.1, 0.15) is 23.1 Å². The van der Waals surface area contributed by atoms with Gasteiger partial charge in [-0.05, 0) is 18.2 Å². The van der Waals surface area contributed by atoms with Crippen molar-refractivity contribution in [3.8, 4) is 5.75 Å². The standard InChI is InChI=1S/C14H11FO5/c1-8(5-10(7-16)9(2)17)20-14(19)12-4-3-11(18)6-13(12)15/h3-7,17-18H,1-2H2/b10-5-. The van der Waals surface area contributed by atoms with Crippen molar-refractivity contribution in [2.24, 2.45) is 0 Å². The van der Waals surface area contributed by atoms with Crippen molar-refractivity contribution >= 4 is 12.3 Å². The topological polar surface area (TPSA) is 83.8 Å². The van der Waals surface area contributed by atoms with Gasteiger partial charge in [0, 0.05) is 6.07 Å². The van der Waals surface area contributed by atoms with Crippen LogP contribution in [0.1, 0.15) is 10.4 Å². The average Bonchev–Trinajstić information content (AvgIpc) is 2.35. The molecule has 0 bridgehead atoms. The summed E-state index contributed by atoms with van der Waals surface area (Å²) in [6.07, 6.45) is 1.27. The average molecular weight is 278 g/mol. The number of aliphatic hydroxyl groups is 1. The van der Waals surface area contributed by atoms with Crippen LogP contribution in [0.3, 0.4) is 0 Å². The lowest BCUT2D eigenvalue weighted by molar-refractivity contribution is -0.104. The first-order chi connectivity index (χ1) is 9.35. The molecule has 0 saturated carbocycles. The number of allylic oxidation sites excluding steroid dienone is 2. The summed E-state index contributed by atoms with van der Waals surface area (Å²) in [4.78, 5) is 22.2. The number of benzene rings is 1. The molecule has 1 aromatic rings. The Hall–Kier alpha value is -2.89. The lowest BCUT2D eigenvalue weighted by Crippen LogP contribution is -2.06. The third-order valence-electron chi connectivity index (χ3n) is 2.17. The Balaban J connectivity index is 2.88. The van der Waals surface area contributed by atoms with Crippen LogP contribution in [0.2, 0.25) is 0 Å². The second-order valence-corrected chi connectivity index (χ2v) is 3.68. The van der Waals surface area contributed by atoms with Crippen molar-refractivity contribution in [2.45, 2.75) is 0 Å². The van der Waals surface area contributed by atoms with Crippen LogP contribution >= 0.6 is 0 Å². The van der Waals surface area contributed by atoms with E-state index in [9.17, 15) is 14.0 Å². The van der Waals surface area contributed by atoms with E-state index in [1.807, 2.05) is 0 Å². The number of hydrogen-bond acceptors (Lipinski definition) is 5. The van der Waals surface area contributed by atoms with E-state index < -0.39 is 23.1 Å². The molecule has 6 heteroatoms. The Morgan fingerprint density at radius 1 is 1.35 bits per heavy atom. The molecule has 20 heavy (non-hydrogen) atoms. The van der Waals surface area contributed by atoms with Gasteiger partial charge in [-0.2, -0.15) is 0 Å². The quantitative estimate of drug-likeness (QED) is 0.284. The van der Waals surface area contributed by atoms with Gasteiger partial charge < -0.3 is 14.9 Å². The van der Waals surface area contributed by atoms with E-state index in [0.717, 1.165) is 24.3 Å². The molecule has 2 N–H and O–H groups in total. The first-order valence-electron chi connectivity index (χ1n) is 5.30. The van der Waals surface area contributed by atoms with Crippen molar-refractivity contribution in [3.63, 3.8) is 0 Å². The van der Waals surface area contributed by atoms with Crippen molar-refractivity contribution in [1.29, 1.82) is 0 Å². The molecular formula is C14H11FO5. The normalized spacial score (nSPS) is 10.8. The van der Waals surface area contributed by atoms with Gasteiger partial charge in [0.05, 0.1) is 11.1 Å². The third kappa shape index (κ3) is 3.81. The van der Waals surface area contributed by atoms with Crippen molar-refractivity contribution < 1.29 is 28.9 Å². The Kier molecular flexibility index (Phi) is 4.80. The molecule has 0 atom stereocenters. The molecule has 0 radical (unpaired) electrons. The highest BCUT2D eigenvalue weighted by atomic mass is 19.1. The number of aliphatic hydroxyl groups excluding tert-OH is 1. The molecule has 0 aliphatic heterocycles. The number of phenolic OH excluding ortho intramolecular Hbond substituents is 1. The second kappa shape index (κ2) is 6.33. The van der Waals surface area contributed by atoms with Gasteiger partial charge in [-0.3, -0.25) is 4.79 Å². The predicted octanol–water partition coefficient (Wildman–Crippen LogP) is 2.40. The first kappa shape index (κ1) is 15.2. The summed E-state index contributed by atoms with van der Waals surface area (Å²) in [6, 6.07) is 2.90. The molecular weight excluding hydrogens is 267 g/mol. The van der Waals surface area contributed by atoms with E-state index in [0.29, 0.717) is 6.29 Å². The number of esters is 1. The SMILES string of the molecule is C=C(/C=C(/C=O)C(=C)O)OC(=O)c1ccc(O)cc1F. The third-order valence-corrected chi connectivity index (χ3v) is 2.17. The van der Waals surface area contributed by atoms with Crippen molar-refractivity contribution in [3.05, 3.63) is 65.9 Å². The number of rotatable bonds is 5. The molecule has 5 nitrogen and oxygen atoms in total. The van der Waals surface area contributed by atoms with E-state index in [2.05, 4.69) is 13.2 Å². The summed E-state index contributed by atoms with van der Waals surface area (Å²) in [7, 11) is 0. The van der Waals surface area contributed by atoms with E-state index in [-0.39, 0.29) is 17.1 Å². The van der Waals surface area contributed by atoms with Crippen LogP contribution in [0.25, 0.3) is 0 Å². The molecule has 0 aromatic heterocycles. The Morgan fingerprint density at radius 2 is 2.00 bits per heavy atom. The number of hydrogen-bond donors (Lipinski definition) is 2. The summed E-state index contributed by atoms with van der Waals surface area (Å²) in [5.41, 5.74) is -0.637. The fourth-order valence-electron chi connectivity index (χ4n) is 1.23. The number of ether oxygens (including phenoxy) is 1. The van der Waals surface area contributed by atoms with E-state index in [1.54, 1.807) is 0 Å². The van der Waals surface area contributed by atoms with Crippen LogP contribution in [0.5, 0.6) is 5.75 Å². The van der Waals surface area contributed by atoms with Gasteiger partial charge in [-0.15, -0.1) is 0 Å². The van der Waals surface area contributed by atoms with E-state index in [4.69, 9.17) is 14.9 Å². The maximum atomic E-state index is 13.4. The molecule has 0 fully saturated rings. The monoisotopic (exact) mass is 278 g/mol. The van der Waals surface area contributed by atoms with Gasteiger partial charge in [0.2, 0.25) is 0 Å². The zero-order chi connectivity index (χ0) is 15.3. The number of aromatic hydroxyl groups is 1. The Bertz CT molecular complexity index is 616. The fraction of sp³-hybridized carbons (Fsp3) is 0. The maximum Gasteiger partial charge on any atom is 0.346 e. The number of aldehydes is 1. The molecule has 0 amide bonds. The number of halogens is 1. The molecule has 0 spiro atoms. The van der Waals surface area contributed by atoms with Crippen LogP contribution in [-0.2, 0) is 9.53 Å². The van der Waals surface area contributed by atoms with Gasteiger partial charge >= 0.3 is 5.97 Å². The highest BCUT2D eigenvalue weighted by Crippen LogP contribution is 2.17. The highest BCUT2D eigenvalue weighted by molar-refractivity contribution is 5.91. The van der Waals surface area contributed by atoms with Crippen LogP contribution < -0.4 is 0 Å².